The summed E-state index contributed by atoms with van der Waals surface area (Å²) in [5.41, 5.74) is 1.02. The van der Waals surface area contributed by atoms with E-state index >= 15 is 0 Å². The maximum Gasteiger partial charge on any atom is 0.223 e. The molecule has 1 saturated carbocycles. The number of hydrogen-bond acceptors (Lipinski definition) is 3. The zero-order valence-electron chi connectivity index (χ0n) is 11.5. The third kappa shape index (κ3) is 2.86. The van der Waals surface area contributed by atoms with Crippen LogP contribution in [-0.4, -0.2) is 16.0 Å². The van der Waals surface area contributed by atoms with Crippen LogP contribution in [0.3, 0.4) is 0 Å². The third-order valence-electron chi connectivity index (χ3n) is 4.25. The first kappa shape index (κ1) is 12.4. The second kappa shape index (κ2) is 5.55. The molecule has 2 aromatic rings. The van der Waals surface area contributed by atoms with Gasteiger partial charge in [-0.2, -0.15) is 0 Å². The van der Waals surface area contributed by atoms with Crippen molar-refractivity contribution in [3.8, 4) is 0 Å². The van der Waals surface area contributed by atoms with Crippen molar-refractivity contribution in [1.29, 1.82) is 0 Å². The minimum atomic E-state index is 0.545. The van der Waals surface area contributed by atoms with Crippen molar-refractivity contribution >= 4 is 16.9 Å². The van der Waals surface area contributed by atoms with Crippen molar-refractivity contribution in [2.75, 3.05) is 5.32 Å². The largest absolute Gasteiger partial charge is 0.351 e. The Morgan fingerprint density at radius 3 is 2.74 bits per heavy atom. The van der Waals surface area contributed by atoms with Crippen molar-refractivity contribution in [2.45, 2.75) is 45.1 Å². The summed E-state index contributed by atoms with van der Waals surface area (Å²) in [6.45, 7) is 2.30. The van der Waals surface area contributed by atoms with Crippen LogP contribution in [0.5, 0.6) is 0 Å². The van der Waals surface area contributed by atoms with Gasteiger partial charge in [0.25, 0.3) is 0 Å². The third-order valence-corrected chi connectivity index (χ3v) is 4.25. The fourth-order valence-corrected chi connectivity index (χ4v) is 2.94. The minimum Gasteiger partial charge on any atom is -0.351 e. The fraction of sp³-hybridized carbons (Fsp3) is 0.500. The highest BCUT2D eigenvalue weighted by Gasteiger charge is 2.20. The van der Waals surface area contributed by atoms with Gasteiger partial charge in [0.15, 0.2) is 0 Å². The Kier molecular flexibility index (Phi) is 3.62. The smallest absolute Gasteiger partial charge is 0.223 e. The molecule has 0 atom stereocenters. The molecule has 1 fully saturated rings. The topological polar surface area (TPSA) is 37.8 Å². The number of nitrogens with one attached hydrogen (secondary N) is 1. The molecule has 0 amide bonds. The first-order valence-corrected chi connectivity index (χ1v) is 7.33. The number of anilines is 1. The Morgan fingerprint density at radius 2 is 1.95 bits per heavy atom. The van der Waals surface area contributed by atoms with Gasteiger partial charge >= 0.3 is 0 Å². The summed E-state index contributed by atoms with van der Waals surface area (Å²) in [7, 11) is 0. The molecule has 1 aliphatic carbocycles. The summed E-state index contributed by atoms with van der Waals surface area (Å²) in [4.78, 5) is 9.00. The molecule has 0 aliphatic heterocycles. The van der Waals surface area contributed by atoms with Crippen LogP contribution in [0, 0.1) is 5.92 Å². The number of rotatable bonds is 3. The van der Waals surface area contributed by atoms with Gasteiger partial charge in [-0.25, -0.2) is 9.97 Å². The highest BCUT2D eigenvalue weighted by molar-refractivity contribution is 5.78. The number of aromatic nitrogens is 2. The maximum absolute atomic E-state index is 4.59. The molecule has 1 aromatic carbocycles. The van der Waals surface area contributed by atoms with Crippen molar-refractivity contribution in [2.24, 2.45) is 5.92 Å². The average molecular weight is 255 g/mol. The van der Waals surface area contributed by atoms with Gasteiger partial charge in [0, 0.05) is 17.6 Å². The maximum atomic E-state index is 4.59. The van der Waals surface area contributed by atoms with E-state index in [0.29, 0.717) is 6.04 Å². The summed E-state index contributed by atoms with van der Waals surface area (Å²) < 4.78 is 0. The van der Waals surface area contributed by atoms with Gasteiger partial charge in [-0.3, -0.25) is 0 Å². The Labute approximate surface area is 114 Å². The van der Waals surface area contributed by atoms with E-state index in [2.05, 4.69) is 22.2 Å². The second-order valence-corrected chi connectivity index (χ2v) is 5.52. The van der Waals surface area contributed by atoms with Crippen LogP contribution in [0.1, 0.15) is 39.0 Å². The monoisotopic (exact) mass is 255 g/mol. The lowest BCUT2D eigenvalue weighted by Gasteiger charge is -2.28. The molecule has 0 unspecified atom stereocenters. The highest BCUT2D eigenvalue weighted by Crippen LogP contribution is 2.28. The Hall–Kier alpha value is -1.64. The molecule has 1 heterocycles. The summed E-state index contributed by atoms with van der Waals surface area (Å²) in [5, 5.41) is 4.60. The SMILES string of the molecule is CCC1CCC(Nc2ncc3ccccc3n2)CC1. The van der Waals surface area contributed by atoms with Crippen molar-refractivity contribution in [1.82, 2.24) is 9.97 Å². The highest BCUT2D eigenvalue weighted by atomic mass is 15.1. The first-order valence-electron chi connectivity index (χ1n) is 7.33. The molecular formula is C16H21N3. The summed E-state index contributed by atoms with van der Waals surface area (Å²) >= 11 is 0. The molecule has 100 valence electrons. The lowest BCUT2D eigenvalue weighted by molar-refractivity contribution is 0.329. The van der Waals surface area contributed by atoms with Gasteiger partial charge in [0.05, 0.1) is 5.52 Å². The van der Waals surface area contributed by atoms with E-state index in [4.69, 9.17) is 0 Å². The first-order chi connectivity index (χ1) is 9.35. The Morgan fingerprint density at radius 1 is 1.16 bits per heavy atom. The van der Waals surface area contributed by atoms with Gasteiger partial charge in [-0.15, -0.1) is 0 Å². The molecule has 0 radical (unpaired) electrons. The lowest BCUT2D eigenvalue weighted by Crippen LogP contribution is -2.26. The zero-order valence-corrected chi connectivity index (χ0v) is 11.5. The molecule has 1 aliphatic rings. The van der Waals surface area contributed by atoms with Gasteiger partial charge in [-0.05, 0) is 37.7 Å². The molecule has 19 heavy (non-hydrogen) atoms. The number of fused-ring (bicyclic) bond motifs is 1. The molecule has 0 spiro atoms. The molecule has 3 rings (SSSR count). The van der Waals surface area contributed by atoms with E-state index < -0.39 is 0 Å². The van der Waals surface area contributed by atoms with Crippen LogP contribution >= 0.6 is 0 Å². The zero-order chi connectivity index (χ0) is 13.1. The van der Waals surface area contributed by atoms with Crippen LogP contribution in [0.15, 0.2) is 30.5 Å². The van der Waals surface area contributed by atoms with Gasteiger partial charge in [0.1, 0.15) is 0 Å². The number of para-hydroxylation sites is 1. The minimum absolute atomic E-state index is 0.545. The van der Waals surface area contributed by atoms with E-state index in [1.165, 1.54) is 32.1 Å². The van der Waals surface area contributed by atoms with Gasteiger partial charge in [-0.1, -0.05) is 31.5 Å². The van der Waals surface area contributed by atoms with Crippen LogP contribution < -0.4 is 5.32 Å². The molecule has 3 heteroatoms. The molecule has 0 bridgehead atoms. The Balaban J connectivity index is 1.68. The molecule has 3 nitrogen and oxygen atoms in total. The quantitative estimate of drug-likeness (QED) is 0.900. The molecule has 1 aromatic heterocycles. The van der Waals surface area contributed by atoms with Crippen molar-refractivity contribution < 1.29 is 0 Å². The lowest BCUT2D eigenvalue weighted by atomic mass is 9.85. The summed E-state index contributed by atoms with van der Waals surface area (Å²) in [6, 6.07) is 8.67. The van der Waals surface area contributed by atoms with Crippen molar-refractivity contribution in [3.63, 3.8) is 0 Å². The van der Waals surface area contributed by atoms with Gasteiger partial charge < -0.3 is 5.32 Å². The van der Waals surface area contributed by atoms with Gasteiger partial charge in [0.2, 0.25) is 5.95 Å². The summed E-state index contributed by atoms with van der Waals surface area (Å²) in [6.07, 6.45) is 8.38. The van der Waals surface area contributed by atoms with Crippen LogP contribution in [0.2, 0.25) is 0 Å². The van der Waals surface area contributed by atoms with Crippen LogP contribution in [0.25, 0.3) is 10.9 Å². The molecular weight excluding hydrogens is 234 g/mol. The van der Waals surface area contributed by atoms with Crippen molar-refractivity contribution in [3.05, 3.63) is 30.5 Å². The van der Waals surface area contributed by atoms with E-state index in [1.807, 2.05) is 30.5 Å². The average Bonchev–Trinajstić information content (AvgIpc) is 2.48. The van der Waals surface area contributed by atoms with Crippen LogP contribution in [0.4, 0.5) is 5.95 Å². The fourth-order valence-electron chi connectivity index (χ4n) is 2.94. The predicted molar refractivity (Wildman–Crippen MR) is 79.2 cm³/mol. The standard InChI is InChI=1S/C16H21N3/c1-2-12-7-9-14(10-8-12)18-16-17-11-13-5-3-4-6-15(13)19-16/h3-6,11-12,14H,2,7-10H2,1H3,(H,17,18,19). The predicted octanol–water partition coefficient (Wildman–Crippen LogP) is 4.01. The number of hydrogen-bond donors (Lipinski definition) is 1. The molecule has 0 saturated heterocycles. The number of nitrogens with zero attached hydrogens (tertiary/aromatic N) is 2. The van der Waals surface area contributed by atoms with E-state index in [-0.39, 0.29) is 0 Å². The second-order valence-electron chi connectivity index (χ2n) is 5.52. The Bertz CT molecular complexity index is 544. The molecule has 1 N–H and O–H groups in total. The van der Waals surface area contributed by atoms with E-state index in [9.17, 15) is 0 Å². The van der Waals surface area contributed by atoms with E-state index in [0.717, 1.165) is 22.8 Å². The van der Waals surface area contributed by atoms with Crippen LogP contribution in [-0.2, 0) is 0 Å². The number of benzene rings is 1. The van der Waals surface area contributed by atoms with E-state index in [1.54, 1.807) is 0 Å². The normalized spacial score (nSPS) is 23.4. The summed E-state index contributed by atoms with van der Waals surface area (Å²) in [5.74, 6) is 1.70.